The molecule has 3 rings (SSSR count). The molecule has 0 radical (unpaired) electrons. The molecule has 1 fully saturated rings. The number of phenols is 1. The summed E-state index contributed by atoms with van der Waals surface area (Å²) in [6.45, 7) is 5.01. The minimum Gasteiger partial charge on any atom is -0.505 e. The Morgan fingerprint density at radius 3 is 2.42 bits per heavy atom. The van der Waals surface area contributed by atoms with Gasteiger partial charge < -0.3 is 25.6 Å². The molecule has 3 atom stereocenters. The van der Waals surface area contributed by atoms with Gasteiger partial charge in [-0.2, -0.15) is 0 Å². The number of carbonyl (C=O) groups is 2. The maximum atomic E-state index is 13.3. The van der Waals surface area contributed by atoms with Crippen LogP contribution in [0.5, 0.6) is 11.5 Å². The van der Waals surface area contributed by atoms with Crippen molar-refractivity contribution in [3.8, 4) is 11.5 Å². The molecule has 0 heterocycles. The molecule has 7 nitrogen and oxygen atoms in total. The Labute approximate surface area is 240 Å². The fourth-order valence-corrected chi connectivity index (χ4v) is 5.26. The number of carbonyl (C=O) groups excluding carboxylic acids is 2. The molecule has 10 heteroatoms. The van der Waals surface area contributed by atoms with Crippen molar-refractivity contribution >= 4 is 47.5 Å². The van der Waals surface area contributed by atoms with Gasteiger partial charge in [-0.05, 0) is 55.7 Å². The first-order chi connectivity index (χ1) is 17.7. The molecule has 1 amide bonds. The molecule has 1 aliphatic carbocycles. The maximum Gasteiger partial charge on any atom is 0.329 e. The van der Waals surface area contributed by atoms with Gasteiger partial charge in [0, 0.05) is 6.42 Å². The molecule has 2 aromatic carbocycles. The monoisotopic (exact) mass is 586 g/mol. The Morgan fingerprint density at radius 1 is 1.13 bits per heavy atom. The van der Waals surface area contributed by atoms with E-state index in [1.807, 2.05) is 30.3 Å². The minimum atomic E-state index is -0.972. The van der Waals surface area contributed by atoms with Gasteiger partial charge in [-0.15, -0.1) is 12.4 Å². The zero-order chi connectivity index (χ0) is 26.9. The van der Waals surface area contributed by atoms with Crippen LogP contribution in [0.25, 0.3) is 0 Å². The first-order valence-electron chi connectivity index (χ1n) is 12.8. The SMILES string of the molecule is CC1CCCC(C)C1OC(=O)[C@H](Cc1ccccc1)NC(=O)c1cc(Cl)c(OCCCCN)c(Cl)c1O.Cl. The van der Waals surface area contributed by atoms with Crippen LogP contribution in [0.4, 0.5) is 0 Å². The minimum absolute atomic E-state index is 0. The number of benzene rings is 2. The van der Waals surface area contributed by atoms with E-state index in [0.29, 0.717) is 19.6 Å². The molecule has 0 spiro atoms. The van der Waals surface area contributed by atoms with E-state index in [0.717, 1.165) is 31.2 Å². The summed E-state index contributed by atoms with van der Waals surface area (Å²) in [4.78, 5) is 26.6. The number of aromatic hydroxyl groups is 1. The van der Waals surface area contributed by atoms with Crippen molar-refractivity contribution in [3.63, 3.8) is 0 Å². The highest BCUT2D eigenvalue weighted by molar-refractivity contribution is 6.39. The van der Waals surface area contributed by atoms with Gasteiger partial charge in [0.25, 0.3) is 5.91 Å². The van der Waals surface area contributed by atoms with Crippen LogP contribution in [-0.2, 0) is 16.0 Å². The molecule has 210 valence electrons. The fourth-order valence-electron chi connectivity index (χ4n) is 4.70. The Kier molecular flexibility index (Phi) is 13.0. The van der Waals surface area contributed by atoms with E-state index in [-0.39, 0.29) is 58.1 Å². The van der Waals surface area contributed by atoms with Crippen molar-refractivity contribution in [1.29, 1.82) is 0 Å². The number of esters is 1. The smallest absolute Gasteiger partial charge is 0.329 e. The number of phenolic OH excluding ortho intramolecular Hbond substituents is 1. The molecule has 4 N–H and O–H groups in total. The largest absolute Gasteiger partial charge is 0.505 e. The number of hydrogen-bond donors (Lipinski definition) is 3. The van der Waals surface area contributed by atoms with Crippen molar-refractivity contribution < 1.29 is 24.2 Å². The van der Waals surface area contributed by atoms with E-state index in [1.54, 1.807) is 0 Å². The summed E-state index contributed by atoms with van der Waals surface area (Å²) in [5, 5.41) is 13.3. The van der Waals surface area contributed by atoms with Gasteiger partial charge in [0.2, 0.25) is 0 Å². The number of ether oxygens (including phenoxy) is 2. The Hall–Kier alpha value is -2.19. The zero-order valence-corrected chi connectivity index (χ0v) is 24.1. The van der Waals surface area contributed by atoms with Crippen LogP contribution in [0.2, 0.25) is 10.0 Å². The van der Waals surface area contributed by atoms with Crippen LogP contribution in [-0.4, -0.2) is 42.3 Å². The van der Waals surface area contributed by atoms with E-state index in [1.165, 1.54) is 6.07 Å². The third-order valence-electron chi connectivity index (χ3n) is 6.81. The highest BCUT2D eigenvalue weighted by Crippen LogP contribution is 2.42. The van der Waals surface area contributed by atoms with Crippen molar-refractivity contribution in [2.75, 3.05) is 13.2 Å². The van der Waals surface area contributed by atoms with E-state index in [2.05, 4.69) is 19.2 Å². The van der Waals surface area contributed by atoms with Crippen LogP contribution < -0.4 is 15.8 Å². The first-order valence-corrected chi connectivity index (χ1v) is 13.6. The fraction of sp³-hybridized carbons (Fsp3) is 0.500. The highest BCUT2D eigenvalue weighted by atomic mass is 35.5. The second kappa shape index (κ2) is 15.4. The molecular weight excluding hydrogens is 551 g/mol. The molecule has 0 bridgehead atoms. The van der Waals surface area contributed by atoms with Crippen LogP contribution in [0.3, 0.4) is 0 Å². The predicted octanol–water partition coefficient (Wildman–Crippen LogP) is 5.95. The van der Waals surface area contributed by atoms with E-state index >= 15 is 0 Å². The summed E-state index contributed by atoms with van der Waals surface area (Å²) in [5.74, 6) is -1.12. The molecule has 38 heavy (non-hydrogen) atoms. The van der Waals surface area contributed by atoms with Gasteiger partial charge in [0.15, 0.2) is 11.5 Å². The molecule has 1 saturated carbocycles. The van der Waals surface area contributed by atoms with Gasteiger partial charge in [0.1, 0.15) is 17.2 Å². The zero-order valence-electron chi connectivity index (χ0n) is 21.8. The highest BCUT2D eigenvalue weighted by Gasteiger charge is 2.34. The topological polar surface area (TPSA) is 111 Å². The molecule has 2 unspecified atom stereocenters. The number of halogens is 3. The maximum absolute atomic E-state index is 13.3. The van der Waals surface area contributed by atoms with E-state index in [9.17, 15) is 14.7 Å². The van der Waals surface area contributed by atoms with Crippen LogP contribution in [0.15, 0.2) is 36.4 Å². The van der Waals surface area contributed by atoms with Crippen molar-refractivity contribution in [3.05, 3.63) is 57.6 Å². The number of hydrogen-bond acceptors (Lipinski definition) is 6. The lowest BCUT2D eigenvalue weighted by atomic mass is 9.80. The second-order valence-electron chi connectivity index (χ2n) is 9.74. The molecule has 0 aromatic heterocycles. The lowest BCUT2D eigenvalue weighted by Gasteiger charge is -2.35. The van der Waals surface area contributed by atoms with Gasteiger partial charge in [-0.3, -0.25) is 4.79 Å². The average molecular weight is 588 g/mol. The quantitative estimate of drug-likeness (QED) is 0.221. The summed E-state index contributed by atoms with van der Waals surface area (Å²) < 4.78 is 11.6. The predicted molar refractivity (Wildman–Crippen MR) is 153 cm³/mol. The number of amides is 1. The van der Waals surface area contributed by atoms with Gasteiger partial charge in [-0.25, -0.2) is 4.79 Å². The Morgan fingerprint density at radius 2 is 1.79 bits per heavy atom. The summed E-state index contributed by atoms with van der Waals surface area (Å²) in [5.41, 5.74) is 6.19. The van der Waals surface area contributed by atoms with Gasteiger partial charge in [-0.1, -0.05) is 73.8 Å². The average Bonchev–Trinajstić information content (AvgIpc) is 2.88. The first kappa shape index (κ1) is 32.0. The van der Waals surface area contributed by atoms with Gasteiger partial charge >= 0.3 is 5.97 Å². The Bertz CT molecular complexity index is 1060. The molecule has 0 saturated heterocycles. The van der Waals surface area contributed by atoms with Crippen LogP contribution in [0, 0.1) is 11.8 Å². The summed E-state index contributed by atoms with van der Waals surface area (Å²) in [7, 11) is 0. The third-order valence-corrected chi connectivity index (χ3v) is 7.44. The third kappa shape index (κ3) is 8.40. The lowest BCUT2D eigenvalue weighted by molar-refractivity contribution is -0.159. The number of nitrogens with one attached hydrogen (secondary N) is 1. The number of nitrogens with two attached hydrogens (primary N) is 1. The second-order valence-corrected chi connectivity index (χ2v) is 10.5. The van der Waals surface area contributed by atoms with Crippen molar-refractivity contribution in [1.82, 2.24) is 5.32 Å². The summed E-state index contributed by atoms with van der Waals surface area (Å²) in [6, 6.07) is 9.67. The molecule has 2 aromatic rings. The summed E-state index contributed by atoms with van der Waals surface area (Å²) in [6.07, 6.45) is 4.55. The number of unbranched alkanes of at least 4 members (excludes halogenated alkanes) is 1. The van der Waals surface area contributed by atoms with E-state index in [4.69, 9.17) is 38.4 Å². The standard InChI is InChI=1S/C28H36Cl2N2O5.ClH/c1-17-9-8-10-18(2)25(17)37-28(35)22(15-19-11-4-3-5-12-19)32-27(34)20-16-21(29)26(23(30)24(20)33)36-14-7-6-13-31;/h3-5,11-12,16-18,22,25,33H,6-10,13-15,31H2,1-2H3,(H,32,34);1H/t17?,18?,22-,25?;/m0./s1. The van der Waals surface area contributed by atoms with E-state index < -0.39 is 23.7 Å². The number of rotatable bonds is 11. The van der Waals surface area contributed by atoms with Crippen molar-refractivity contribution in [2.24, 2.45) is 17.6 Å². The summed E-state index contributed by atoms with van der Waals surface area (Å²) >= 11 is 12.6. The Balaban J connectivity index is 0.00000507. The van der Waals surface area contributed by atoms with Crippen LogP contribution >= 0.6 is 35.6 Å². The molecule has 0 aliphatic heterocycles. The van der Waals surface area contributed by atoms with Crippen LogP contribution in [0.1, 0.15) is 61.9 Å². The molecular formula is C28H37Cl3N2O5. The lowest BCUT2D eigenvalue weighted by Crippen LogP contribution is -2.46. The normalized spacial score (nSPS) is 19.7. The molecule has 1 aliphatic rings. The van der Waals surface area contributed by atoms with Crippen molar-refractivity contribution in [2.45, 2.75) is 64.5 Å². The van der Waals surface area contributed by atoms with Gasteiger partial charge in [0.05, 0.1) is 17.2 Å².